The molecule has 0 amide bonds. The molecule has 0 aliphatic rings. The summed E-state index contributed by atoms with van der Waals surface area (Å²) in [5, 5.41) is 37.5. The lowest BCUT2D eigenvalue weighted by atomic mass is 10.0. The Morgan fingerprint density at radius 1 is 0.647 bits per heavy atom. The zero-order valence-corrected chi connectivity index (χ0v) is 8.96. The SMILES string of the molecule is Oc1ccc(Cc2ccc(O)cc2O)c(O)c1. The molecule has 0 aromatic heterocycles. The monoisotopic (exact) mass is 232 g/mol. The summed E-state index contributed by atoms with van der Waals surface area (Å²) < 4.78 is 0. The molecule has 0 saturated heterocycles. The van der Waals surface area contributed by atoms with Gasteiger partial charge < -0.3 is 20.4 Å². The van der Waals surface area contributed by atoms with Crippen molar-refractivity contribution in [1.29, 1.82) is 0 Å². The van der Waals surface area contributed by atoms with Gasteiger partial charge in [0.2, 0.25) is 0 Å². The molecule has 4 nitrogen and oxygen atoms in total. The smallest absolute Gasteiger partial charge is 0.122 e. The van der Waals surface area contributed by atoms with E-state index in [0.717, 1.165) is 0 Å². The summed E-state index contributed by atoms with van der Waals surface area (Å²) in [6, 6.07) is 8.58. The van der Waals surface area contributed by atoms with Crippen LogP contribution in [0.25, 0.3) is 0 Å². The van der Waals surface area contributed by atoms with Gasteiger partial charge in [-0.25, -0.2) is 0 Å². The molecule has 0 fully saturated rings. The summed E-state index contributed by atoms with van der Waals surface area (Å²) in [6.07, 6.45) is 0.318. The predicted octanol–water partition coefficient (Wildman–Crippen LogP) is 2.10. The number of rotatable bonds is 2. The van der Waals surface area contributed by atoms with Gasteiger partial charge in [0.1, 0.15) is 23.0 Å². The Bertz CT molecular complexity index is 500. The topological polar surface area (TPSA) is 80.9 Å². The normalized spacial score (nSPS) is 10.4. The van der Waals surface area contributed by atoms with Crippen LogP contribution in [-0.4, -0.2) is 20.4 Å². The molecule has 0 radical (unpaired) electrons. The molecular formula is C13H12O4. The summed E-state index contributed by atoms with van der Waals surface area (Å²) in [7, 11) is 0. The van der Waals surface area contributed by atoms with E-state index in [1.807, 2.05) is 0 Å². The van der Waals surface area contributed by atoms with Crippen molar-refractivity contribution >= 4 is 0 Å². The molecule has 0 unspecified atom stereocenters. The number of phenols is 4. The molecule has 2 aromatic rings. The summed E-state index contributed by atoms with van der Waals surface area (Å²) in [4.78, 5) is 0. The molecule has 0 bridgehead atoms. The first-order valence-electron chi connectivity index (χ1n) is 5.08. The van der Waals surface area contributed by atoms with Crippen molar-refractivity contribution in [3.8, 4) is 23.0 Å². The Balaban J connectivity index is 2.31. The quantitative estimate of drug-likeness (QED) is 0.639. The lowest BCUT2D eigenvalue weighted by molar-refractivity contribution is 0.443. The first-order chi connectivity index (χ1) is 8.06. The fourth-order valence-electron chi connectivity index (χ4n) is 1.61. The second-order valence-corrected chi connectivity index (χ2v) is 3.80. The van der Waals surface area contributed by atoms with E-state index in [0.29, 0.717) is 17.5 Å². The van der Waals surface area contributed by atoms with Crippen molar-refractivity contribution in [3.05, 3.63) is 47.5 Å². The Hall–Kier alpha value is -2.36. The van der Waals surface area contributed by atoms with E-state index in [9.17, 15) is 10.2 Å². The van der Waals surface area contributed by atoms with Crippen LogP contribution in [-0.2, 0) is 6.42 Å². The number of benzene rings is 2. The fourth-order valence-corrected chi connectivity index (χ4v) is 1.61. The molecule has 0 saturated carbocycles. The lowest BCUT2D eigenvalue weighted by Crippen LogP contribution is -1.89. The average molecular weight is 232 g/mol. The van der Waals surface area contributed by atoms with E-state index >= 15 is 0 Å². The minimum atomic E-state index is -0.0301. The van der Waals surface area contributed by atoms with Gasteiger partial charge in [0.15, 0.2) is 0 Å². The van der Waals surface area contributed by atoms with Gasteiger partial charge >= 0.3 is 0 Å². The van der Waals surface area contributed by atoms with Crippen LogP contribution >= 0.6 is 0 Å². The van der Waals surface area contributed by atoms with Gasteiger partial charge in [-0.3, -0.25) is 0 Å². The van der Waals surface area contributed by atoms with Gasteiger partial charge in [-0.15, -0.1) is 0 Å². The average Bonchev–Trinajstić information content (AvgIpc) is 2.25. The third kappa shape index (κ3) is 2.42. The zero-order chi connectivity index (χ0) is 12.4. The third-order valence-corrected chi connectivity index (χ3v) is 2.52. The molecule has 0 atom stereocenters. The van der Waals surface area contributed by atoms with Crippen LogP contribution in [0.2, 0.25) is 0 Å². The summed E-state index contributed by atoms with van der Waals surface area (Å²) in [6.45, 7) is 0. The number of phenolic OH excluding ortho intramolecular Hbond substituents is 4. The van der Waals surface area contributed by atoms with Gasteiger partial charge in [0.25, 0.3) is 0 Å². The van der Waals surface area contributed by atoms with Gasteiger partial charge in [-0.2, -0.15) is 0 Å². The lowest BCUT2D eigenvalue weighted by Gasteiger charge is -2.07. The highest BCUT2D eigenvalue weighted by molar-refractivity contribution is 5.46. The zero-order valence-electron chi connectivity index (χ0n) is 8.96. The maximum atomic E-state index is 9.61. The van der Waals surface area contributed by atoms with Gasteiger partial charge in [-0.1, -0.05) is 12.1 Å². The number of hydrogen-bond donors (Lipinski definition) is 4. The molecule has 0 spiro atoms. The van der Waals surface area contributed by atoms with E-state index in [-0.39, 0.29) is 23.0 Å². The maximum Gasteiger partial charge on any atom is 0.122 e. The summed E-state index contributed by atoms with van der Waals surface area (Å²) in [5.41, 5.74) is 1.17. The Kier molecular flexibility index (Phi) is 2.78. The van der Waals surface area contributed by atoms with Crippen LogP contribution in [0.4, 0.5) is 0 Å². The van der Waals surface area contributed by atoms with Crippen molar-refractivity contribution in [2.24, 2.45) is 0 Å². The highest BCUT2D eigenvalue weighted by Gasteiger charge is 2.07. The van der Waals surface area contributed by atoms with Crippen molar-refractivity contribution in [2.45, 2.75) is 6.42 Å². The maximum absolute atomic E-state index is 9.61. The molecule has 17 heavy (non-hydrogen) atoms. The van der Waals surface area contributed by atoms with Gasteiger partial charge in [-0.05, 0) is 23.3 Å². The minimum Gasteiger partial charge on any atom is -0.508 e. The first-order valence-corrected chi connectivity index (χ1v) is 5.08. The van der Waals surface area contributed by atoms with E-state index in [4.69, 9.17) is 10.2 Å². The van der Waals surface area contributed by atoms with Crippen LogP contribution in [0.15, 0.2) is 36.4 Å². The van der Waals surface area contributed by atoms with Crippen LogP contribution < -0.4 is 0 Å². The molecule has 0 aliphatic carbocycles. The third-order valence-electron chi connectivity index (χ3n) is 2.52. The van der Waals surface area contributed by atoms with Crippen LogP contribution in [0.5, 0.6) is 23.0 Å². The molecule has 88 valence electrons. The summed E-state index contributed by atoms with van der Waals surface area (Å²) >= 11 is 0. The van der Waals surface area contributed by atoms with Gasteiger partial charge in [0, 0.05) is 18.6 Å². The second-order valence-electron chi connectivity index (χ2n) is 3.80. The van der Waals surface area contributed by atoms with E-state index in [1.54, 1.807) is 12.1 Å². The number of aromatic hydroxyl groups is 4. The van der Waals surface area contributed by atoms with Crippen molar-refractivity contribution in [1.82, 2.24) is 0 Å². The van der Waals surface area contributed by atoms with E-state index < -0.39 is 0 Å². The Morgan fingerprint density at radius 2 is 1.06 bits per heavy atom. The molecule has 4 N–H and O–H groups in total. The van der Waals surface area contributed by atoms with Crippen LogP contribution in [0.3, 0.4) is 0 Å². The largest absolute Gasteiger partial charge is 0.508 e. The minimum absolute atomic E-state index is 0.0128. The first kappa shape index (κ1) is 11.1. The number of hydrogen-bond acceptors (Lipinski definition) is 4. The van der Waals surface area contributed by atoms with E-state index in [1.165, 1.54) is 24.3 Å². The fraction of sp³-hybridized carbons (Fsp3) is 0.0769. The molecule has 0 aliphatic heterocycles. The van der Waals surface area contributed by atoms with Crippen molar-refractivity contribution in [2.75, 3.05) is 0 Å². The Labute approximate surface area is 98.0 Å². The van der Waals surface area contributed by atoms with Crippen molar-refractivity contribution < 1.29 is 20.4 Å². The predicted molar refractivity (Wildman–Crippen MR) is 62.3 cm³/mol. The van der Waals surface area contributed by atoms with Crippen LogP contribution in [0.1, 0.15) is 11.1 Å². The van der Waals surface area contributed by atoms with Crippen molar-refractivity contribution in [3.63, 3.8) is 0 Å². The second kappa shape index (κ2) is 4.25. The van der Waals surface area contributed by atoms with E-state index in [2.05, 4.69) is 0 Å². The molecule has 0 heterocycles. The highest BCUT2D eigenvalue weighted by Crippen LogP contribution is 2.29. The van der Waals surface area contributed by atoms with Gasteiger partial charge in [0.05, 0.1) is 0 Å². The molecular weight excluding hydrogens is 220 g/mol. The molecule has 4 heteroatoms. The Morgan fingerprint density at radius 3 is 1.41 bits per heavy atom. The molecule has 2 rings (SSSR count). The summed E-state index contributed by atoms with van der Waals surface area (Å²) in [5.74, 6) is -0.0858. The molecule has 2 aromatic carbocycles. The standard InChI is InChI=1S/C13H12O4/c14-10-3-1-8(12(16)6-10)5-9-2-4-11(15)7-13(9)17/h1-4,6-7,14-17H,5H2. The van der Waals surface area contributed by atoms with Crippen LogP contribution in [0, 0.1) is 0 Å². The highest BCUT2D eigenvalue weighted by atomic mass is 16.3.